The Hall–Kier alpha value is -1.13. The summed E-state index contributed by atoms with van der Waals surface area (Å²) in [6.45, 7) is 1.78. The Morgan fingerprint density at radius 2 is 2.33 bits per heavy atom. The van der Waals surface area contributed by atoms with Gasteiger partial charge in [-0.1, -0.05) is 11.6 Å². The fourth-order valence-corrected chi connectivity index (χ4v) is 2.28. The van der Waals surface area contributed by atoms with Crippen LogP contribution in [0.15, 0.2) is 18.2 Å². The number of carbonyl (C=O) groups is 1. The van der Waals surface area contributed by atoms with Crippen molar-refractivity contribution in [2.24, 2.45) is 0 Å². The molecule has 0 aromatic heterocycles. The van der Waals surface area contributed by atoms with Crippen molar-refractivity contribution in [1.82, 2.24) is 10.2 Å². The number of nitrogens with zero attached hydrogens (tertiary/aromatic N) is 1. The number of likely N-dealkylation sites (N-methyl/N-ethyl adjacent to an activating group) is 1. The Balaban J connectivity index is 2.11. The molecule has 1 aliphatic heterocycles. The van der Waals surface area contributed by atoms with E-state index in [1.807, 2.05) is 0 Å². The van der Waals surface area contributed by atoms with Gasteiger partial charge in [-0.2, -0.15) is 0 Å². The minimum Gasteiger partial charge on any atom is -0.337 e. The average molecular weight is 271 g/mol. The molecule has 1 amide bonds. The number of halogens is 2. The SMILES string of the molecule is CN(C(=O)c1ccc(Cl)c(F)c1)C1CCCNC1. The normalized spacial score (nSPS) is 19.6. The molecule has 98 valence electrons. The Kier molecular flexibility index (Phi) is 4.19. The lowest BCUT2D eigenvalue weighted by atomic mass is 10.1. The predicted octanol–water partition coefficient (Wildman–Crippen LogP) is 2.30. The van der Waals surface area contributed by atoms with Gasteiger partial charge in [0.15, 0.2) is 0 Å². The molecule has 18 heavy (non-hydrogen) atoms. The average Bonchev–Trinajstić information content (AvgIpc) is 2.41. The molecule has 1 unspecified atom stereocenters. The minimum atomic E-state index is -0.558. The zero-order chi connectivity index (χ0) is 13.1. The van der Waals surface area contributed by atoms with Crippen molar-refractivity contribution in [3.8, 4) is 0 Å². The van der Waals surface area contributed by atoms with E-state index in [4.69, 9.17) is 11.6 Å². The molecule has 1 aliphatic rings. The lowest BCUT2D eigenvalue weighted by molar-refractivity contribution is 0.0708. The number of rotatable bonds is 2. The lowest BCUT2D eigenvalue weighted by Crippen LogP contribution is -2.46. The fourth-order valence-electron chi connectivity index (χ4n) is 2.16. The van der Waals surface area contributed by atoms with Crippen LogP contribution in [-0.4, -0.2) is 37.0 Å². The molecule has 1 heterocycles. The van der Waals surface area contributed by atoms with Gasteiger partial charge in [0.1, 0.15) is 5.82 Å². The van der Waals surface area contributed by atoms with Gasteiger partial charge in [-0.25, -0.2) is 4.39 Å². The van der Waals surface area contributed by atoms with Crippen LogP contribution < -0.4 is 5.32 Å². The van der Waals surface area contributed by atoms with E-state index in [2.05, 4.69) is 5.32 Å². The molecule has 3 nitrogen and oxygen atoms in total. The molecule has 5 heteroatoms. The summed E-state index contributed by atoms with van der Waals surface area (Å²) in [4.78, 5) is 13.9. The van der Waals surface area contributed by atoms with Gasteiger partial charge in [0.05, 0.1) is 5.02 Å². The van der Waals surface area contributed by atoms with Crippen LogP contribution in [0, 0.1) is 5.82 Å². The van der Waals surface area contributed by atoms with E-state index in [9.17, 15) is 9.18 Å². The van der Waals surface area contributed by atoms with Crippen LogP contribution in [0.4, 0.5) is 4.39 Å². The molecule has 1 aromatic rings. The molecule has 0 saturated carbocycles. The predicted molar refractivity (Wildman–Crippen MR) is 69.4 cm³/mol. The Morgan fingerprint density at radius 3 is 2.94 bits per heavy atom. The van der Waals surface area contributed by atoms with Crippen LogP contribution in [0.1, 0.15) is 23.2 Å². The third-order valence-corrected chi connectivity index (χ3v) is 3.61. The maximum atomic E-state index is 13.3. The van der Waals surface area contributed by atoms with Crippen LogP contribution in [-0.2, 0) is 0 Å². The number of hydrogen-bond acceptors (Lipinski definition) is 2. The number of hydrogen-bond donors (Lipinski definition) is 1. The van der Waals surface area contributed by atoms with Gasteiger partial charge in [0, 0.05) is 25.2 Å². The molecular formula is C13H16ClFN2O. The first-order chi connectivity index (χ1) is 8.59. The summed E-state index contributed by atoms with van der Waals surface area (Å²) in [5, 5.41) is 3.29. The second-order valence-corrected chi connectivity index (χ2v) is 4.95. The van der Waals surface area contributed by atoms with Crippen LogP contribution in [0.2, 0.25) is 5.02 Å². The van der Waals surface area contributed by atoms with E-state index >= 15 is 0 Å². The van der Waals surface area contributed by atoms with Gasteiger partial charge in [-0.05, 0) is 37.6 Å². The minimum absolute atomic E-state index is 0.0357. The summed E-state index contributed by atoms with van der Waals surface area (Å²) in [6, 6.07) is 4.33. The van der Waals surface area contributed by atoms with Crippen molar-refractivity contribution < 1.29 is 9.18 Å². The first kappa shape index (κ1) is 13.3. The molecule has 0 bridgehead atoms. The van der Waals surface area contributed by atoms with E-state index in [0.29, 0.717) is 5.56 Å². The second kappa shape index (κ2) is 5.67. The number of nitrogens with one attached hydrogen (secondary N) is 1. The van der Waals surface area contributed by atoms with E-state index in [1.54, 1.807) is 18.0 Å². The molecule has 1 aromatic carbocycles. The summed E-state index contributed by atoms with van der Waals surface area (Å²) >= 11 is 5.60. The standard InChI is InChI=1S/C13H16ClFN2O/c1-17(10-3-2-6-16-8-10)13(18)9-4-5-11(14)12(15)7-9/h4-5,7,10,16H,2-3,6,8H2,1H3. The van der Waals surface area contributed by atoms with Gasteiger partial charge in [0.2, 0.25) is 0 Å². The van der Waals surface area contributed by atoms with Crippen molar-refractivity contribution in [3.05, 3.63) is 34.6 Å². The van der Waals surface area contributed by atoms with Crippen molar-refractivity contribution in [2.75, 3.05) is 20.1 Å². The first-order valence-corrected chi connectivity index (χ1v) is 6.40. The zero-order valence-corrected chi connectivity index (χ0v) is 11.0. The first-order valence-electron chi connectivity index (χ1n) is 6.02. The third-order valence-electron chi connectivity index (χ3n) is 3.31. The number of piperidine rings is 1. The lowest BCUT2D eigenvalue weighted by Gasteiger charge is -2.31. The molecule has 0 radical (unpaired) electrons. The molecule has 0 aliphatic carbocycles. The Bertz CT molecular complexity index is 447. The highest BCUT2D eigenvalue weighted by Crippen LogP contribution is 2.18. The monoisotopic (exact) mass is 270 g/mol. The highest BCUT2D eigenvalue weighted by molar-refractivity contribution is 6.30. The van der Waals surface area contributed by atoms with Gasteiger partial charge in [-0.15, -0.1) is 0 Å². The van der Waals surface area contributed by atoms with Gasteiger partial charge < -0.3 is 10.2 Å². The smallest absolute Gasteiger partial charge is 0.253 e. The summed E-state index contributed by atoms with van der Waals surface area (Å²) in [5.41, 5.74) is 0.338. The highest BCUT2D eigenvalue weighted by Gasteiger charge is 2.23. The molecule has 1 saturated heterocycles. The highest BCUT2D eigenvalue weighted by atomic mass is 35.5. The second-order valence-electron chi connectivity index (χ2n) is 4.55. The molecule has 1 N–H and O–H groups in total. The maximum absolute atomic E-state index is 13.3. The van der Waals surface area contributed by atoms with E-state index < -0.39 is 5.82 Å². The molecule has 1 fully saturated rings. The largest absolute Gasteiger partial charge is 0.337 e. The topological polar surface area (TPSA) is 32.3 Å². The van der Waals surface area contributed by atoms with E-state index in [0.717, 1.165) is 25.9 Å². The van der Waals surface area contributed by atoms with E-state index in [-0.39, 0.29) is 17.0 Å². The Morgan fingerprint density at radius 1 is 1.56 bits per heavy atom. The van der Waals surface area contributed by atoms with Gasteiger partial charge in [-0.3, -0.25) is 4.79 Å². The molecule has 0 spiro atoms. The van der Waals surface area contributed by atoms with Crippen LogP contribution >= 0.6 is 11.6 Å². The van der Waals surface area contributed by atoms with Crippen LogP contribution in [0.3, 0.4) is 0 Å². The maximum Gasteiger partial charge on any atom is 0.253 e. The van der Waals surface area contributed by atoms with Crippen LogP contribution in [0.25, 0.3) is 0 Å². The summed E-state index contributed by atoms with van der Waals surface area (Å²) in [5.74, 6) is -0.725. The van der Waals surface area contributed by atoms with Crippen molar-refractivity contribution in [1.29, 1.82) is 0 Å². The number of amides is 1. The summed E-state index contributed by atoms with van der Waals surface area (Å²) < 4.78 is 13.3. The Labute approximate surface area is 111 Å². The zero-order valence-electron chi connectivity index (χ0n) is 10.2. The molecular weight excluding hydrogens is 255 g/mol. The molecule has 1 atom stereocenters. The fraction of sp³-hybridized carbons (Fsp3) is 0.462. The number of carbonyl (C=O) groups excluding carboxylic acids is 1. The van der Waals surface area contributed by atoms with E-state index in [1.165, 1.54) is 12.1 Å². The number of benzene rings is 1. The summed E-state index contributed by atoms with van der Waals surface area (Å²) in [6.07, 6.45) is 2.03. The van der Waals surface area contributed by atoms with Gasteiger partial charge >= 0.3 is 0 Å². The van der Waals surface area contributed by atoms with Gasteiger partial charge in [0.25, 0.3) is 5.91 Å². The molecule has 2 rings (SSSR count). The van der Waals surface area contributed by atoms with Crippen molar-refractivity contribution in [3.63, 3.8) is 0 Å². The van der Waals surface area contributed by atoms with Crippen molar-refractivity contribution in [2.45, 2.75) is 18.9 Å². The van der Waals surface area contributed by atoms with Crippen LogP contribution in [0.5, 0.6) is 0 Å². The third kappa shape index (κ3) is 2.82. The quantitative estimate of drug-likeness (QED) is 0.894. The van der Waals surface area contributed by atoms with Crippen molar-refractivity contribution >= 4 is 17.5 Å². The summed E-state index contributed by atoms with van der Waals surface area (Å²) in [7, 11) is 1.76.